The maximum absolute atomic E-state index is 13.3. The average Bonchev–Trinajstić information content (AvgIpc) is 4.28. The van der Waals surface area contributed by atoms with E-state index in [-0.39, 0.29) is 35.7 Å². The average molecular weight is 1030 g/mol. The Morgan fingerprint density at radius 1 is 0.513 bits per heavy atom. The highest BCUT2D eigenvalue weighted by atomic mass is 16.5. The van der Waals surface area contributed by atoms with Gasteiger partial charge in [-0.05, 0) is 176 Å². The zero-order valence-corrected chi connectivity index (χ0v) is 45.1. The standard InChI is InChI=1S/2C30H38N6O2/c2*1-34-27-20-32-26-11-7-21(17-25(26)29(27)36(30(34)37)23-9-10-24(18-23)38-2)22-8-12-28(33-19-22)31-13-6-16-35-14-4-3-5-15-35/h2*7-8,11-12,17,19-20,23-24H,3-6,9-10,13-16,18H2,1-2H3,(H,31,33)/t2*23-,24-/m10/s1. The molecule has 8 heterocycles. The third kappa shape index (κ3) is 10.9. The Balaban J connectivity index is 0.000000162. The number of likely N-dealkylation sites (tertiary alicyclic amines) is 2. The van der Waals surface area contributed by atoms with Gasteiger partial charge in [-0.2, -0.15) is 0 Å². The maximum Gasteiger partial charge on any atom is 0.329 e. The smallest absolute Gasteiger partial charge is 0.329 e. The molecule has 0 spiro atoms. The van der Waals surface area contributed by atoms with E-state index >= 15 is 0 Å². The molecule has 8 aromatic rings. The van der Waals surface area contributed by atoms with Crippen LogP contribution in [0.3, 0.4) is 0 Å². The third-order valence-electron chi connectivity index (χ3n) is 16.9. The van der Waals surface area contributed by atoms with Crippen LogP contribution in [0.4, 0.5) is 11.6 Å². The number of rotatable bonds is 16. The molecule has 0 bridgehead atoms. The fourth-order valence-electron chi connectivity index (χ4n) is 12.6. The normalized spacial score (nSPS) is 20.5. The molecule has 12 rings (SSSR count). The van der Waals surface area contributed by atoms with Crippen molar-refractivity contribution < 1.29 is 9.47 Å². The summed E-state index contributed by atoms with van der Waals surface area (Å²) in [6.07, 6.45) is 23.8. The molecule has 0 amide bonds. The lowest BCUT2D eigenvalue weighted by molar-refractivity contribution is 0.105. The summed E-state index contributed by atoms with van der Waals surface area (Å²) in [5.74, 6) is 1.81. The van der Waals surface area contributed by atoms with E-state index in [4.69, 9.17) is 9.47 Å². The van der Waals surface area contributed by atoms with Gasteiger partial charge in [0.15, 0.2) is 0 Å². The number of benzene rings is 2. The minimum absolute atomic E-state index is 0.0128. The van der Waals surface area contributed by atoms with Crippen molar-refractivity contribution in [1.29, 1.82) is 0 Å². The summed E-state index contributed by atoms with van der Waals surface area (Å²) in [5, 5.41) is 8.95. The first kappa shape index (κ1) is 51.6. The predicted octanol–water partition coefficient (Wildman–Crippen LogP) is 9.96. The molecule has 16 nitrogen and oxygen atoms in total. The summed E-state index contributed by atoms with van der Waals surface area (Å²) in [6.45, 7) is 9.15. The number of hydrogen-bond acceptors (Lipinski definition) is 12. The molecular formula is C60H76N12O4. The number of aryl methyl sites for hydroxylation is 2. The van der Waals surface area contributed by atoms with Crippen LogP contribution in [0.15, 0.2) is 95.0 Å². The Hall–Kier alpha value is -6.46. The van der Waals surface area contributed by atoms with E-state index in [9.17, 15) is 9.59 Å². The Morgan fingerprint density at radius 2 is 0.934 bits per heavy atom. The van der Waals surface area contributed by atoms with Crippen LogP contribution in [0.25, 0.3) is 66.1 Å². The van der Waals surface area contributed by atoms with Gasteiger partial charge in [-0.25, -0.2) is 19.6 Å². The van der Waals surface area contributed by atoms with Gasteiger partial charge in [0.1, 0.15) is 11.6 Å². The van der Waals surface area contributed by atoms with E-state index in [1.807, 2.05) is 60.1 Å². The molecule has 76 heavy (non-hydrogen) atoms. The van der Waals surface area contributed by atoms with Crippen LogP contribution in [0.2, 0.25) is 0 Å². The first-order chi connectivity index (χ1) is 37.2. The molecule has 2 saturated heterocycles. The van der Waals surface area contributed by atoms with Crippen molar-refractivity contribution in [3.63, 3.8) is 0 Å². The van der Waals surface area contributed by atoms with Crippen molar-refractivity contribution in [2.24, 2.45) is 14.1 Å². The topological polar surface area (TPSA) is 154 Å². The van der Waals surface area contributed by atoms with E-state index in [1.54, 1.807) is 23.4 Å². The van der Waals surface area contributed by atoms with Crippen LogP contribution < -0.4 is 22.0 Å². The van der Waals surface area contributed by atoms with E-state index in [0.29, 0.717) is 0 Å². The Kier molecular flexibility index (Phi) is 15.9. The second kappa shape index (κ2) is 23.4. The lowest BCUT2D eigenvalue weighted by Gasteiger charge is -2.26. The van der Waals surface area contributed by atoms with Crippen LogP contribution in [-0.4, -0.2) is 127 Å². The quantitative estimate of drug-likeness (QED) is 0.0886. The number of methoxy groups -OCH3 is 2. The van der Waals surface area contributed by atoms with Crippen molar-refractivity contribution in [2.75, 3.05) is 77.2 Å². The summed E-state index contributed by atoms with van der Waals surface area (Å²) in [4.78, 5) is 50.6. The Bertz CT molecular complexity index is 3160. The highest BCUT2D eigenvalue weighted by molar-refractivity contribution is 6.05. The van der Waals surface area contributed by atoms with Crippen molar-refractivity contribution in [1.82, 2.24) is 48.0 Å². The zero-order valence-electron chi connectivity index (χ0n) is 45.1. The molecule has 4 fully saturated rings. The second-order valence-electron chi connectivity index (χ2n) is 21.7. The van der Waals surface area contributed by atoms with Crippen LogP contribution in [0.5, 0.6) is 0 Å². The summed E-state index contributed by atoms with van der Waals surface area (Å²) in [7, 11) is 7.19. The molecule has 2 aliphatic heterocycles. The minimum Gasteiger partial charge on any atom is -0.381 e. The van der Waals surface area contributed by atoms with Gasteiger partial charge >= 0.3 is 11.4 Å². The SMILES string of the molecule is CO[C@@H]1CC[C@@H](n2c(=O)n(C)c3cnc4ccc(-c5ccc(NCCCN6CCCCC6)nc5)cc4c32)C1.CO[C@H]1CC[C@H](n2c(=O)n(C)c3cnc4ccc(-c5ccc(NCCCN6CCCCC6)nc5)cc4c32)C1. The molecule has 2 saturated carbocycles. The lowest BCUT2D eigenvalue weighted by Crippen LogP contribution is -2.31. The number of hydrogen-bond donors (Lipinski definition) is 2. The van der Waals surface area contributed by atoms with E-state index in [2.05, 4.69) is 88.9 Å². The Morgan fingerprint density at radius 3 is 1.32 bits per heavy atom. The van der Waals surface area contributed by atoms with Crippen LogP contribution in [0, 0.1) is 0 Å². The van der Waals surface area contributed by atoms with Gasteiger partial charge in [-0.15, -0.1) is 0 Å². The number of pyridine rings is 4. The number of imidazole rings is 2. The highest BCUT2D eigenvalue weighted by Gasteiger charge is 2.31. The van der Waals surface area contributed by atoms with Gasteiger partial charge in [0.05, 0.1) is 57.7 Å². The maximum atomic E-state index is 13.3. The summed E-state index contributed by atoms with van der Waals surface area (Å²) < 4.78 is 18.6. The van der Waals surface area contributed by atoms with Gasteiger partial charge in [-0.3, -0.25) is 28.2 Å². The number of fused-ring (bicyclic) bond motifs is 6. The number of nitrogens with one attached hydrogen (secondary N) is 2. The minimum atomic E-state index is 0.0128. The van der Waals surface area contributed by atoms with Gasteiger partial charge in [0.2, 0.25) is 0 Å². The first-order valence-corrected chi connectivity index (χ1v) is 28.1. The molecule has 4 aliphatic rings. The molecule has 0 unspecified atom stereocenters. The number of anilines is 2. The van der Waals surface area contributed by atoms with Crippen molar-refractivity contribution in [2.45, 2.75) is 114 Å². The van der Waals surface area contributed by atoms with Crippen LogP contribution >= 0.6 is 0 Å². The van der Waals surface area contributed by atoms with Crippen LogP contribution in [-0.2, 0) is 23.6 Å². The van der Waals surface area contributed by atoms with Gasteiger partial charge < -0.3 is 29.9 Å². The molecule has 2 aliphatic carbocycles. The first-order valence-electron chi connectivity index (χ1n) is 28.1. The van der Waals surface area contributed by atoms with E-state index < -0.39 is 0 Å². The van der Waals surface area contributed by atoms with Gasteiger partial charge in [0.25, 0.3) is 0 Å². The molecule has 2 aromatic carbocycles. The summed E-state index contributed by atoms with van der Waals surface area (Å²) in [6, 6.07) is 21.2. The molecule has 2 N–H and O–H groups in total. The van der Waals surface area contributed by atoms with Gasteiger partial charge in [-0.1, -0.05) is 25.0 Å². The molecule has 400 valence electrons. The van der Waals surface area contributed by atoms with Crippen molar-refractivity contribution in [3.05, 3.63) is 106 Å². The molecule has 16 heteroatoms. The lowest BCUT2D eigenvalue weighted by atomic mass is 10.0. The number of ether oxygens (including phenoxy) is 2. The number of aromatic nitrogens is 8. The zero-order chi connectivity index (χ0) is 52.1. The molecular weight excluding hydrogens is 953 g/mol. The fraction of sp³-hybridized carbons (Fsp3) is 0.500. The Labute approximate surface area is 445 Å². The third-order valence-corrected chi connectivity index (χ3v) is 16.9. The van der Waals surface area contributed by atoms with Crippen LogP contribution in [0.1, 0.15) is 102 Å². The van der Waals surface area contributed by atoms with Gasteiger partial charge in [0, 0.05) is 87.8 Å². The molecule has 0 radical (unpaired) electrons. The number of nitrogens with zero attached hydrogens (tertiary/aromatic N) is 10. The molecule has 6 aromatic heterocycles. The largest absolute Gasteiger partial charge is 0.381 e. The van der Waals surface area contributed by atoms with E-state index in [1.165, 1.54) is 64.7 Å². The van der Waals surface area contributed by atoms with Crippen molar-refractivity contribution in [3.8, 4) is 22.3 Å². The van der Waals surface area contributed by atoms with Crippen molar-refractivity contribution >= 4 is 55.5 Å². The monoisotopic (exact) mass is 1030 g/mol. The second-order valence-corrected chi connectivity index (χ2v) is 21.7. The highest BCUT2D eigenvalue weighted by Crippen LogP contribution is 2.38. The predicted molar refractivity (Wildman–Crippen MR) is 306 cm³/mol. The summed E-state index contributed by atoms with van der Waals surface area (Å²) in [5.41, 5.74) is 9.70. The van der Waals surface area contributed by atoms with E-state index in [0.717, 1.165) is 155 Å². The fourth-order valence-corrected chi connectivity index (χ4v) is 12.6. The summed E-state index contributed by atoms with van der Waals surface area (Å²) >= 11 is 0. The number of piperidine rings is 2. The molecule has 4 atom stereocenters.